The fourth-order valence-electron chi connectivity index (χ4n) is 1.79. The summed E-state index contributed by atoms with van der Waals surface area (Å²) in [5.41, 5.74) is 2.43. The van der Waals surface area contributed by atoms with E-state index in [1.54, 1.807) is 19.1 Å². The Balaban J connectivity index is 2.20. The molecule has 5 nitrogen and oxygen atoms in total. The molecule has 0 aliphatic carbocycles. The van der Waals surface area contributed by atoms with Crippen LogP contribution < -0.4 is 10.6 Å². The first-order chi connectivity index (χ1) is 10.1. The molecule has 0 saturated carbocycles. The molecule has 2 rings (SSSR count). The highest BCUT2D eigenvalue weighted by Crippen LogP contribution is 2.16. The van der Waals surface area contributed by atoms with Gasteiger partial charge in [0.25, 0.3) is 5.91 Å². The number of rotatable bonds is 5. The Morgan fingerprint density at radius 1 is 1.24 bits per heavy atom. The highest BCUT2D eigenvalue weighted by Gasteiger charge is 2.09. The van der Waals surface area contributed by atoms with Gasteiger partial charge in [-0.05, 0) is 26.0 Å². The third-order valence-electron chi connectivity index (χ3n) is 2.80. The quantitative estimate of drug-likeness (QED) is 0.827. The van der Waals surface area contributed by atoms with Crippen LogP contribution in [0.15, 0.2) is 43.0 Å². The molecule has 1 heterocycles. The number of nitrogens with zero attached hydrogens (tertiary/aromatic N) is 2. The minimum Gasteiger partial charge on any atom is -0.347 e. The smallest absolute Gasteiger partial charge is 0.270 e. The lowest BCUT2D eigenvalue weighted by molar-refractivity contribution is 0.0952. The van der Waals surface area contributed by atoms with E-state index < -0.39 is 0 Å². The summed E-state index contributed by atoms with van der Waals surface area (Å²) in [4.78, 5) is 20.4. The van der Waals surface area contributed by atoms with Gasteiger partial charge in [-0.25, -0.2) is 9.97 Å². The van der Waals surface area contributed by atoms with Crippen LogP contribution in [0.4, 0.5) is 11.5 Å². The molecule has 0 unspecified atom stereocenters. The van der Waals surface area contributed by atoms with Crippen LogP contribution in [-0.2, 0) is 0 Å². The van der Waals surface area contributed by atoms with E-state index in [-0.39, 0.29) is 5.91 Å². The van der Waals surface area contributed by atoms with Gasteiger partial charge in [-0.15, -0.1) is 6.58 Å². The number of carbonyl (C=O) groups excluding carboxylic acids is 1. The molecule has 21 heavy (non-hydrogen) atoms. The van der Waals surface area contributed by atoms with Gasteiger partial charge in [0.2, 0.25) is 0 Å². The zero-order valence-electron chi connectivity index (χ0n) is 12.2. The van der Waals surface area contributed by atoms with Crippen LogP contribution in [0.2, 0.25) is 0 Å². The van der Waals surface area contributed by atoms with E-state index in [0.717, 1.165) is 5.69 Å². The van der Waals surface area contributed by atoms with Crippen molar-refractivity contribution in [3.8, 4) is 0 Å². The monoisotopic (exact) mass is 282 g/mol. The average molecular weight is 282 g/mol. The van der Waals surface area contributed by atoms with E-state index >= 15 is 0 Å². The van der Waals surface area contributed by atoms with Gasteiger partial charge in [0.15, 0.2) is 0 Å². The van der Waals surface area contributed by atoms with E-state index in [9.17, 15) is 4.79 Å². The lowest BCUT2D eigenvalue weighted by atomic mass is 10.2. The number of nitrogens with one attached hydrogen (secondary N) is 2. The molecule has 0 fully saturated rings. The highest BCUT2D eigenvalue weighted by atomic mass is 16.1. The first-order valence-electron chi connectivity index (χ1n) is 6.67. The first kappa shape index (κ1) is 14.7. The fourth-order valence-corrected chi connectivity index (χ4v) is 1.79. The summed E-state index contributed by atoms with van der Waals surface area (Å²) in [7, 11) is 0. The molecule has 0 aliphatic heterocycles. The number of anilines is 2. The van der Waals surface area contributed by atoms with Crippen molar-refractivity contribution in [3.63, 3.8) is 0 Å². The summed E-state index contributed by atoms with van der Waals surface area (Å²) in [5.74, 6) is 0.887. The van der Waals surface area contributed by atoms with Crippen molar-refractivity contribution in [1.29, 1.82) is 0 Å². The Morgan fingerprint density at radius 3 is 2.62 bits per heavy atom. The Hall–Kier alpha value is -2.69. The molecule has 2 aromatic rings. The molecule has 1 amide bonds. The summed E-state index contributed by atoms with van der Waals surface area (Å²) < 4.78 is 0. The molecular formula is C16H18N4O. The topological polar surface area (TPSA) is 66.9 Å². The summed E-state index contributed by atoms with van der Waals surface area (Å²) in [6, 6.07) is 9.57. The average Bonchev–Trinajstić information content (AvgIpc) is 2.46. The van der Waals surface area contributed by atoms with E-state index in [4.69, 9.17) is 0 Å². The number of aromatic nitrogens is 2. The van der Waals surface area contributed by atoms with Crippen molar-refractivity contribution in [2.24, 2.45) is 0 Å². The maximum absolute atomic E-state index is 11.9. The third kappa shape index (κ3) is 4.14. The van der Waals surface area contributed by atoms with Crippen molar-refractivity contribution >= 4 is 17.4 Å². The zero-order chi connectivity index (χ0) is 15.2. The summed E-state index contributed by atoms with van der Waals surface area (Å²) >= 11 is 0. The van der Waals surface area contributed by atoms with Crippen LogP contribution in [-0.4, -0.2) is 22.4 Å². The Labute approximate surface area is 124 Å². The predicted octanol–water partition coefficient (Wildman–Crippen LogP) is 2.75. The zero-order valence-corrected chi connectivity index (χ0v) is 12.2. The largest absolute Gasteiger partial charge is 0.347 e. The molecule has 0 bridgehead atoms. The van der Waals surface area contributed by atoms with Crippen molar-refractivity contribution in [1.82, 2.24) is 15.3 Å². The number of amides is 1. The molecule has 0 atom stereocenters. The Kier molecular flexibility index (Phi) is 4.66. The van der Waals surface area contributed by atoms with E-state index in [1.807, 2.05) is 31.2 Å². The number of hydrogen-bond donors (Lipinski definition) is 2. The standard InChI is InChI=1S/C16H18N4O/c1-4-9-17-16(21)14-10-15(19-12(3)18-14)20-13-7-5-11(2)6-8-13/h4-8,10H,1,9H2,2-3H3,(H,17,21)(H,18,19,20). The fraction of sp³-hybridized carbons (Fsp3) is 0.188. The van der Waals surface area contributed by atoms with Crippen LogP contribution in [0.5, 0.6) is 0 Å². The van der Waals surface area contributed by atoms with Crippen molar-refractivity contribution in [2.45, 2.75) is 13.8 Å². The molecule has 108 valence electrons. The van der Waals surface area contributed by atoms with Gasteiger partial charge in [0.1, 0.15) is 17.3 Å². The van der Waals surface area contributed by atoms with Crippen LogP contribution in [0, 0.1) is 13.8 Å². The molecule has 0 radical (unpaired) electrons. The highest BCUT2D eigenvalue weighted by molar-refractivity contribution is 5.93. The number of benzene rings is 1. The molecule has 1 aromatic heterocycles. The normalized spacial score (nSPS) is 10.0. The molecule has 1 aromatic carbocycles. The van der Waals surface area contributed by atoms with Gasteiger partial charge >= 0.3 is 0 Å². The summed E-state index contributed by atoms with van der Waals surface area (Å²) in [5, 5.41) is 5.87. The lowest BCUT2D eigenvalue weighted by Crippen LogP contribution is -2.24. The lowest BCUT2D eigenvalue weighted by Gasteiger charge is -2.09. The summed E-state index contributed by atoms with van der Waals surface area (Å²) in [6.07, 6.45) is 1.62. The Bertz CT molecular complexity index is 650. The number of aryl methyl sites for hydroxylation is 2. The Morgan fingerprint density at radius 2 is 1.95 bits per heavy atom. The van der Waals surface area contributed by atoms with E-state index in [0.29, 0.717) is 23.9 Å². The van der Waals surface area contributed by atoms with Gasteiger partial charge < -0.3 is 10.6 Å². The van der Waals surface area contributed by atoms with Crippen LogP contribution in [0.3, 0.4) is 0 Å². The number of carbonyl (C=O) groups is 1. The second-order valence-electron chi connectivity index (χ2n) is 4.68. The molecular weight excluding hydrogens is 264 g/mol. The maximum Gasteiger partial charge on any atom is 0.270 e. The van der Waals surface area contributed by atoms with E-state index in [1.165, 1.54) is 5.56 Å². The van der Waals surface area contributed by atoms with Crippen molar-refractivity contribution in [3.05, 3.63) is 60.1 Å². The van der Waals surface area contributed by atoms with Gasteiger partial charge in [-0.2, -0.15) is 0 Å². The minimum absolute atomic E-state index is 0.243. The van der Waals surface area contributed by atoms with Crippen LogP contribution >= 0.6 is 0 Å². The van der Waals surface area contributed by atoms with Gasteiger partial charge in [0.05, 0.1) is 0 Å². The third-order valence-corrected chi connectivity index (χ3v) is 2.80. The maximum atomic E-state index is 11.9. The summed E-state index contributed by atoms with van der Waals surface area (Å²) in [6.45, 7) is 7.75. The molecule has 5 heteroatoms. The molecule has 0 saturated heterocycles. The molecule has 0 spiro atoms. The second-order valence-corrected chi connectivity index (χ2v) is 4.68. The second kappa shape index (κ2) is 6.65. The minimum atomic E-state index is -0.243. The molecule has 0 aliphatic rings. The molecule has 2 N–H and O–H groups in total. The first-order valence-corrected chi connectivity index (χ1v) is 6.67. The van der Waals surface area contributed by atoms with Gasteiger partial charge in [-0.1, -0.05) is 23.8 Å². The van der Waals surface area contributed by atoms with Gasteiger partial charge in [0, 0.05) is 18.3 Å². The van der Waals surface area contributed by atoms with Crippen molar-refractivity contribution in [2.75, 3.05) is 11.9 Å². The van der Waals surface area contributed by atoms with E-state index in [2.05, 4.69) is 27.2 Å². The number of hydrogen-bond acceptors (Lipinski definition) is 4. The predicted molar refractivity (Wildman–Crippen MR) is 83.8 cm³/mol. The van der Waals surface area contributed by atoms with Crippen LogP contribution in [0.1, 0.15) is 21.9 Å². The van der Waals surface area contributed by atoms with Gasteiger partial charge in [-0.3, -0.25) is 4.79 Å². The van der Waals surface area contributed by atoms with Crippen molar-refractivity contribution < 1.29 is 4.79 Å². The SMILES string of the molecule is C=CCNC(=O)c1cc(Nc2ccc(C)cc2)nc(C)n1. The van der Waals surface area contributed by atoms with Crippen LogP contribution in [0.25, 0.3) is 0 Å².